The molecule has 92 valence electrons. The van der Waals surface area contributed by atoms with E-state index in [1.807, 2.05) is 19.3 Å². The molecule has 6 heteroatoms. The number of hydrogen-bond acceptors (Lipinski definition) is 4. The number of fused-ring (bicyclic) bond motifs is 1. The van der Waals surface area contributed by atoms with Crippen LogP contribution >= 0.6 is 0 Å². The summed E-state index contributed by atoms with van der Waals surface area (Å²) in [5.74, 6) is 0. The minimum Gasteiger partial charge on any atom is -0.394 e. The zero-order valence-electron chi connectivity index (χ0n) is 9.98. The van der Waals surface area contributed by atoms with Crippen LogP contribution in [0.5, 0.6) is 0 Å². The van der Waals surface area contributed by atoms with Crippen molar-refractivity contribution in [3.8, 4) is 11.3 Å². The number of rotatable bonds is 3. The zero-order valence-corrected chi connectivity index (χ0v) is 9.98. The number of hydrogen-bond donors (Lipinski definition) is 1. The predicted octanol–water partition coefficient (Wildman–Crippen LogP) is 0.824. The van der Waals surface area contributed by atoms with Gasteiger partial charge in [0.1, 0.15) is 0 Å². The van der Waals surface area contributed by atoms with Gasteiger partial charge in [0, 0.05) is 30.4 Å². The third-order valence-corrected chi connectivity index (χ3v) is 2.98. The molecule has 3 heterocycles. The van der Waals surface area contributed by atoms with Crippen molar-refractivity contribution in [3.05, 3.63) is 30.9 Å². The molecule has 0 saturated heterocycles. The van der Waals surface area contributed by atoms with Crippen LogP contribution in [0.1, 0.15) is 0 Å². The molecule has 0 aromatic carbocycles. The van der Waals surface area contributed by atoms with Crippen molar-refractivity contribution < 1.29 is 5.11 Å². The average molecular weight is 243 g/mol. The standard InChI is InChI=1S/C12H13N5O/c1-16-11(2-3-14-16)9-6-13-8-12-10(9)7-15-17(12)4-5-18/h2-3,6-8,18H,4-5H2,1H3. The van der Waals surface area contributed by atoms with E-state index in [0.29, 0.717) is 6.54 Å². The van der Waals surface area contributed by atoms with Crippen LogP contribution in [0.4, 0.5) is 0 Å². The number of pyridine rings is 1. The molecule has 0 fully saturated rings. The molecular formula is C12H13N5O. The third kappa shape index (κ3) is 1.58. The van der Waals surface area contributed by atoms with Crippen LogP contribution in [0.15, 0.2) is 30.9 Å². The van der Waals surface area contributed by atoms with E-state index in [0.717, 1.165) is 22.2 Å². The van der Waals surface area contributed by atoms with Gasteiger partial charge in [-0.25, -0.2) is 0 Å². The van der Waals surface area contributed by atoms with Gasteiger partial charge in [0.05, 0.1) is 36.8 Å². The lowest BCUT2D eigenvalue weighted by atomic mass is 10.1. The fourth-order valence-corrected chi connectivity index (χ4v) is 2.11. The molecule has 0 amide bonds. The molecule has 3 aromatic rings. The Kier molecular flexibility index (Phi) is 2.56. The van der Waals surface area contributed by atoms with E-state index < -0.39 is 0 Å². The van der Waals surface area contributed by atoms with Gasteiger partial charge in [-0.15, -0.1) is 0 Å². The second kappa shape index (κ2) is 4.23. The molecule has 0 unspecified atom stereocenters. The quantitative estimate of drug-likeness (QED) is 0.739. The van der Waals surface area contributed by atoms with Crippen molar-refractivity contribution >= 4 is 10.9 Å². The minimum atomic E-state index is 0.0622. The summed E-state index contributed by atoms with van der Waals surface area (Å²) in [6.07, 6.45) is 7.13. The molecule has 6 nitrogen and oxygen atoms in total. The second-order valence-corrected chi connectivity index (χ2v) is 4.05. The molecule has 0 aliphatic heterocycles. The monoisotopic (exact) mass is 243 g/mol. The van der Waals surface area contributed by atoms with E-state index in [4.69, 9.17) is 5.11 Å². The van der Waals surface area contributed by atoms with Gasteiger partial charge >= 0.3 is 0 Å². The first-order valence-electron chi connectivity index (χ1n) is 5.70. The van der Waals surface area contributed by atoms with Crippen LogP contribution in [-0.2, 0) is 13.6 Å². The minimum absolute atomic E-state index is 0.0622. The average Bonchev–Trinajstić information content (AvgIpc) is 2.97. The lowest BCUT2D eigenvalue weighted by molar-refractivity contribution is 0.271. The summed E-state index contributed by atoms with van der Waals surface area (Å²) in [7, 11) is 1.90. The van der Waals surface area contributed by atoms with Gasteiger partial charge in [-0.1, -0.05) is 0 Å². The first kappa shape index (κ1) is 10.9. The highest BCUT2D eigenvalue weighted by atomic mass is 16.3. The molecule has 0 aliphatic rings. The summed E-state index contributed by atoms with van der Waals surface area (Å²) in [4.78, 5) is 4.24. The van der Waals surface area contributed by atoms with Crippen LogP contribution in [0, 0.1) is 0 Å². The van der Waals surface area contributed by atoms with Crippen molar-refractivity contribution in [3.63, 3.8) is 0 Å². The summed E-state index contributed by atoms with van der Waals surface area (Å²) >= 11 is 0. The van der Waals surface area contributed by atoms with Crippen LogP contribution in [0.3, 0.4) is 0 Å². The Labute approximate surface area is 103 Å². The van der Waals surface area contributed by atoms with Crippen molar-refractivity contribution in [2.75, 3.05) is 6.61 Å². The van der Waals surface area contributed by atoms with Crippen LogP contribution in [-0.4, -0.2) is 36.3 Å². The summed E-state index contributed by atoms with van der Waals surface area (Å²) in [5, 5.41) is 18.5. The van der Waals surface area contributed by atoms with Gasteiger partial charge in [0.25, 0.3) is 0 Å². The fraction of sp³-hybridized carbons (Fsp3) is 0.250. The molecule has 0 saturated carbocycles. The van der Waals surface area contributed by atoms with E-state index in [9.17, 15) is 0 Å². The molecule has 3 rings (SSSR count). The van der Waals surface area contributed by atoms with Crippen molar-refractivity contribution in [1.29, 1.82) is 0 Å². The summed E-state index contributed by atoms with van der Waals surface area (Å²) in [6, 6.07) is 1.94. The Balaban J connectivity index is 2.22. The Morgan fingerprint density at radius 2 is 2.11 bits per heavy atom. The van der Waals surface area contributed by atoms with Gasteiger partial charge in [-0.2, -0.15) is 10.2 Å². The highest BCUT2D eigenvalue weighted by Gasteiger charge is 2.11. The lowest BCUT2D eigenvalue weighted by Crippen LogP contribution is -2.03. The van der Waals surface area contributed by atoms with Crippen LogP contribution < -0.4 is 0 Å². The molecule has 0 aliphatic carbocycles. The molecular weight excluding hydrogens is 230 g/mol. The molecule has 0 atom stereocenters. The second-order valence-electron chi connectivity index (χ2n) is 4.05. The molecule has 3 aromatic heterocycles. The molecule has 1 N–H and O–H groups in total. The van der Waals surface area contributed by atoms with E-state index in [1.54, 1.807) is 28.0 Å². The number of aliphatic hydroxyl groups is 1. The predicted molar refractivity (Wildman–Crippen MR) is 66.8 cm³/mol. The van der Waals surface area contributed by atoms with E-state index >= 15 is 0 Å². The Bertz CT molecular complexity index is 685. The fourth-order valence-electron chi connectivity index (χ4n) is 2.11. The maximum atomic E-state index is 9.00. The van der Waals surface area contributed by atoms with Crippen LogP contribution in [0.25, 0.3) is 22.2 Å². The topological polar surface area (TPSA) is 68.8 Å². The maximum absolute atomic E-state index is 9.00. The lowest BCUT2D eigenvalue weighted by Gasteiger charge is -2.04. The van der Waals surface area contributed by atoms with Crippen molar-refractivity contribution in [2.24, 2.45) is 7.05 Å². The summed E-state index contributed by atoms with van der Waals surface area (Å²) in [6.45, 7) is 0.534. The Morgan fingerprint density at radius 1 is 1.22 bits per heavy atom. The third-order valence-electron chi connectivity index (χ3n) is 2.98. The van der Waals surface area contributed by atoms with E-state index in [2.05, 4.69) is 15.2 Å². The van der Waals surface area contributed by atoms with Gasteiger partial charge in [-0.05, 0) is 6.07 Å². The highest BCUT2D eigenvalue weighted by molar-refractivity contribution is 5.92. The SMILES string of the molecule is Cn1nccc1-c1cncc2c1cnn2CCO. The highest BCUT2D eigenvalue weighted by Crippen LogP contribution is 2.26. The molecule has 0 radical (unpaired) electrons. The molecule has 18 heavy (non-hydrogen) atoms. The Morgan fingerprint density at radius 3 is 2.83 bits per heavy atom. The largest absolute Gasteiger partial charge is 0.394 e. The molecule has 0 spiro atoms. The molecule has 0 bridgehead atoms. The number of aromatic nitrogens is 5. The zero-order chi connectivity index (χ0) is 12.5. The van der Waals surface area contributed by atoms with Gasteiger partial charge in [-0.3, -0.25) is 14.3 Å². The van der Waals surface area contributed by atoms with E-state index in [1.165, 1.54) is 0 Å². The number of aryl methyl sites for hydroxylation is 1. The number of nitrogens with zero attached hydrogens (tertiary/aromatic N) is 5. The van der Waals surface area contributed by atoms with Gasteiger partial charge in [0.15, 0.2) is 0 Å². The Hall–Kier alpha value is -2.21. The summed E-state index contributed by atoms with van der Waals surface area (Å²) in [5.41, 5.74) is 2.91. The maximum Gasteiger partial charge on any atom is 0.0873 e. The summed E-state index contributed by atoms with van der Waals surface area (Å²) < 4.78 is 3.56. The van der Waals surface area contributed by atoms with E-state index in [-0.39, 0.29) is 6.61 Å². The van der Waals surface area contributed by atoms with Crippen molar-refractivity contribution in [2.45, 2.75) is 6.54 Å². The first-order valence-corrected chi connectivity index (χ1v) is 5.70. The normalized spacial score (nSPS) is 11.2. The van der Waals surface area contributed by atoms with Crippen LogP contribution in [0.2, 0.25) is 0 Å². The van der Waals surface area contributed by atoms with Gasteiger partial charge < -0.3 is 5.11 Å². The number of aliphatic hydroxyl groups excluding tert-OH is 1. The first-order chi connectivity index (χ1) is 8.81. The van der Waals surface area contributed by atoms with Crippen molar-refractivity contribution in [1.82, 2.24) is 24.5 Å². The smallest absolute Gasteiger partial charge is 0.0873 e. The van der Waals surface area contributed by atoms with Gasteiger partial charge in [0.2, 0.25) is 0 Å².